The summed E-state index contributed by atoms with van der Waals surface area (Å²) in [5.74, 6) is -0.998. The standard InChI is InChI=1S/C14H20N2O3/c1-10(6-8-15)13(17)16-9-7-11-2-4-12(5-3-11)14(18)19/h2-5,10H,6-9,15H2,1H3,(H,16,17)(H,18,19). The van der Waals surface area contributed by atoms with E-state index in [1.807, 2.05) is 6.92 Å². The summed E-state index contributed by atoms with van der Waals surface area (Å²) in [5.41, 5.74) is 6.66. The van der Waals surface area contributed by atoms with Crippen LogP contribution in [0.15, 0.2) is 24.3 Å². The number of nitrogens with one attached hydrogen (secondary N) is 1. The van der Waals surface area contributed by atoms with Gasteiger partial charge in [0.05, 0.1) is 5.56 Å². The Bertz CT molecular complexity index is 429. The Morgan fingerprint density at radius 2 is 1.95 bits per heavy atom. The molecule has 0 saturated heterocycles. The summed E-state index contributed by atoms with van der Waals surface area (Å²) >= 11 is 0. The van der Waals surface area contributed by atoms with Gasteiger partial charge < -0.3 is 16.2 Å². The van der Waals surface area contributed by atoms with Crippen molar-refractivity contribution >= 4 is 11.9 Å². The Hall–Kier alpha value is -1.88. The summed E-state index contributed by atoms with van der Waals surface area (Å²) in [4.78, 5) is 22.3. The van der Waals surface area contributed by atoms with Crippen LogP contribution in [0.25, 0.3) is 0 Å². The fourth-order valence-electron chi connectivity index (χ4n) is 1.70. The number of carboxylic acids is 1. The lowest BCUT2D eigenvalue weighted by molar-refractivity contribution is -0.124. The highest BCUT2D eigenvalue weighted by atomic mass is 16.4. The first-order valence-electron chi connectivity index (χ1n) is 6.34. The summed E-state index contributed by atoms with van der Waals surface area (Å²) in [6.07, 6.45) is 1.36. The van der Waals surface area contributed by atoms with Gasteiger partial charge in [0, 0.05) is 12.5 Å². The number of aromatic carboxylic acids is 1. The molecule has 0 aliphatic rings. The zero-order valence-electron chi connectivity index (χ0n) is 11.1. The SMILES string of the molecule is CC(CCN)C(=O)NCCc1ccc(C(=O)O)cc1. The number of rotatable bonds is 7. The van der Waals surface area contributed by atoms with Crippen molar-refractivity contribution in [1.82, 2.24) is 5.32 Å². The van der Waals surface area contributed by atoms with Gasteiger partial charge >= 0.3 is 5.97 Å². The molecule has 1 aromatic carbocycles. The van der Waals surface area contributed by atoms with E-state index >= 15 is 0 Å². The minimum absolute atomic E-state index is 0.00704. The number of carboxylic acid groups (broad SMARTS) is 1. The van der Waals surface area contributed by atoms with Crippen molar-refractivity contribution in [3.8, 4) is 0 Å². The van der Waals surface area contributed by atoms with Crippen LogP contribution in [-0.4, -0.2) is 30.1 Å². The predicted octanol–water partition coefficient (Wildman–Crippen LogP) is 1.03. The predicted molar refractivity (Wildman–Crippen MR) is 73.0 cm³/mol. The second kappa shape index (κ2) is 7.53. The Labute approximate surface area is 112 Å². The third kappa shape index (κ3) is 5.09. The number of carbonyl (C=O) groups is 2. The van der Waals surface area contributed by atoms with Crippen LogP contribution in [-0.2, 0) is 11.2 Å². The summed E-state index contributed by atoms with van der Waals surface area (Å²) in [6.45, 7) is 2.90. The fourth-order valence-corrected chi connectivity index (χ4v) is 1.70. The maximum Gasteiger partial charge on any atom is 0.335 e. The number of hydrogen-bond acceptors (Lipinski definition) is 3. The third-order valence-electron chi connectivity index (χ3n) is 2.96. The molecule has 4 N–H and O–H groups in total. The molecule has 1 rings (SSSR count). The van der Waals surface area contributed by atoms with Crippen molar-refractivity contribution in [2.24, 2.45) is 11.7 Å². The lowest BCUT2D eigenvalue weighted by Gasteiger charge is -2.11. The number of carbonyl (C=O) groups excluding carboxylic acids is 1. The monoisotopic (exact) mass is 264 g/mol. The van der Waals surface area contributed by atoms with Crippen LogP contribution in [0.3, 0.4) is 0 Å². The van der Waals surface area contributed by atoms with Gasteiger partial charge in [-0.2, -0.15) is 0 Å². The molecular formula is C14H20N2O3. The van der Waals surface area contributed by atoms with Gasteiger partial charge in [-0.25, -0.2) is 4.79 Å². The second-order valence-electron chi connectivity index (χ2n) is 4.52. The molecule has 0 fully saturated rings. The molecule has 0 radical (unpaired) electrons. The maximum atomic E-state index is 11.6. The highest BCUT2D eigenvalue weighted by molar-refractivity contribution is 5.87. The molecule has 0 aliphatic heterocycles. The van der Waals surface area contributed by atoms with Crippen LogP contribution in [0.2, 0.25) is 0 Å². The van der Waals surface area contributed by atoms with E-state index in [2.05, 4.69) is 5.32 Å². The molecule has 0 heterocycles. The number of benzene rings is 1. The number of amides is 1. The first kappa shape index (κ1) is 15.2. The molecule has 0 aromatic heterocycles. The summed E-state index contributed by atoms with van der Waals surface area (Å²) in [7, 11) is 0. The van der Waals surface area contributed by atoms with Crippen LogP contribution >= 0.6 is 0 Å². The highest BCUT2D eigenvalue weighted by Gasteiger charge is 2.10. The molecule has 1 atom stereocenters. The average molecular weight is 264 g/mol. The van der Waals surface area contributed by atoms with Gasteiger partial charge in [0.1, 0.15) is 0 Å². The van der Waals surface area contributed by atoms with Crippen LogP contribution in [0, 0.1) is 5.92 Å². The zero-order valence-corrected chi connectivity index (χ0v) is 11.1. The molecular weight excluding hydrogens is 244 g/mol. The molecule has 1 aromatic rings. The van der Waals surface area contributed by atoms with E-state index in [1.54, 1.807) is 24.3 Å². The van der Waals surface area contributed by atoms with Crippen molar-refractivity contribution in [1.29, 1.82) is 0 Å². The van der Waals surface area contributed by atoms with E-state index in [9.17, 15) is 9.59 Å². The summed E-state index contributed by atoms with van der Waals surface area (Å²) in [5, 5.41) is 11.6. The smallest absolute Gasteiger partial charge is 0.335 e. The minimum atomic E-state index is -0.935. The quantitative estimate of drug-likeness (QED) is 0.685. The molecule has 0 aliphatic carbocycles. The lowest BCUT2D eigenvalue weighted by atomic mass is 10.1. The van der Waals surface area contributed by atoms with E-state index in [4.69, 9.17) is 10.8 Å². The molecule has 0 saturated carbocycles. The molecule has 5 heteroatoms. The summed E-state index contributed by atoms with van der Waals surface area (Å²) < 4.78 is 0. The molecule has 5 nitrogen and oxygen atoms in total. The van der Waals surface area contributed by atoms with Crippen LogP contribution < -0.4 is 11.1 Å². The largest absolute Gasteiger partial charge is 0.478 e. The Balaban J connectivity index is 2.37. The maximum absolute atomic E-state index is 11.6. The zero-order chi connectivity index (χ0) is 14.3. The Kier molecular flexibility index (Phi) is 6.02. The van der Waals surface area contributed by atoms with Gasteiger partial charge in [0.2, 0.25) is 5.91 Å². The summed E-state index contributed by atoms with van der Waals surface area (Å²) in [6, 6.07) is 6.66. The first-order valence-corrected chi connectivity index (χ1v) is 6.34. The van der Waals surface area contributed by atoms with E-state index in [0.717, 1.165) is 5.56 Å². The highest BCUT2D eigenvalue weighted by Crippen LogP contribution is 2.05. The van der Waals surface area contributed by atoms with Crippen molar-refractivity contribution in [2.45, 2.75) is 19.8 Å². The van der Waals surface area contributed by atoms with Crippen molar-refractivity contribution in [3.63, 3.8) is 0 Å². The van der Waals surface area contributed by atoms with Gasteiger partial charge in [0.15, 0.2) is 0 Å². The minimum Gasteiger partial charge on any atom is -0.478 e. The third-order valence-corrected chi connectivity index (χ3v) is 2.96. The Morgan fingerprint density at radius 3 is 2.47 bits per heavy atom. The van der Waals surface area contributed by atoms with Crippen molar-refractivity contribution in [3.05, 3.63) is 35.4 Å². The van der Waals surface area contributed by atoms with E-state index in [0.29, 0.717) is 25.9 Å². The van der Waals surface area contributed by atoms with E-state index in [1.165, 1.54) is 0 Å². The normalized spacial score (nSPS) is 11.9. The van der Waals surface area contributed by atoms with Crippen LogP contribution in [0.1, 0.15) is 29.3 Å². The van der Waals surface area contributed by atoms with Gasteiger partial charge in [0.25, 0.3) is 0 Å². The molecule has 0 spiro atoms. The fraction of sp³-hybridized carbons (Fsp3) is 0.429. The first-order chi connectivity index (χ1) is 9.04. The molecule has 1 amide bonds. The van der Waals surface area contributed by atoms with E-state index < -0.39 is 5.97 Å². The number of nitrogens with two attached hydrogens (primary N) is 1. The van der Waals surface area contributed by atoms with Crippen LogP contribution in [0.5, 0.6) is 0 Å². The number of hydrogen-bond donors (Lipinski definition) is 3. The van der Waals surface area contributed by atoms with Gasteiger partial charge in [-0.15, -0.1) is 0 Å². The van der Waals surface area contributed by atoms with Crippen LogP contribution in [0.4, 0.5) is 0 Å². The molecule has 19 heavy (non-hydrogen) atoms. The van der Waals surface area contributed by atoms with Gasteiger partial charge in [-0.05, 0) is 37.1 Å². The van der Waals surface area contributed by atoms with Crippen molar-refractivity contribution in [2.75, 3.05) is 13.1 Å². The Morgan fingerprint density at radius 1 is 1.32 bits per heavy atom. The second-order valence-corrected chi connectivity index (χ2v) is 4.52. The topological polar surface area (TPSA) is 92.4 Å². The lowest BCUT2D eigenvalue weighted by Crippen LogP contribution is -2.31. The van der Waals surface area contributed by atoms with Crippen molar-refractivity contribution < 1.29 is 14.7 Å². The van der Waals surface area contributed by atoms with Gasteiger partial charge in [-0.1, -0.05) is 19.1 Å². The molecule has 104 valence electrons. The van der Waals surface area contributed by atoms with E-state index in [-0.39, 0.29) is 17.4 Å². The van der Waals surface area contributed by atoms with Gasteiger partial charge in [-0.3, -0.25) is 4.79 Å². The average Bonchev–Trinajstić information content (AvgIpc) is 2.39. The molecule has 0 bridgehead atoms. The molecule has 1 unspecified atom stereocenters.